The first-order valence-electron chi connectivity index (χ1n) is 10.9. The monoisotopic (exact) mass is 452 g/mol. The number of aliphatic hydroxyl groups excluding tert-OH is 2. The van der Waals surface area contributed by atoms with Crippen molar-refractivity contribution < 1.29 is 34.0 Å². The lowest BCUT2D eigenvalue weighted by atomic mass is 9.97. The molecular weight excluding hydrogens is 412 g/mol. The zero-order valence-electron chi connectivity index (χ0n) is 18.8. The van der Waals surface area contributed by atoms with E-state index in [0.717, 1.165) is 25.9 Å². The van der Waals surface area contributed by atoms with E-state index in [2.05, 4.69) is 17.7 Å². The van der Waals surface area contributed by atoms with Gasteiger partial charge in [0.1, 0.15) is 12.2 Å². The van der Waals surface area contributed by atoms with Crippen molar-refractivity contribution in [3.63, 3.8) is 0 Å². The Morgan fingerprint density at radius 2 is 1.90 bits per heavy atom. The van der Waals surface area contributed by atoms with Gasteiger partial charge in [0.05, 0.1) is 29.6 Å². The molecule has 4 N–H and O–H groups in total. The van der Waals surface area contributed by atoms with Crippen molar-refractivity contribution in [2.24, 2.45) is 0 Å². The minimum absolute atomic E-state index is 0.0140. The second-order valence-electron chi connectivity index (χ2n) is 7.87. The fraction of sp³-hybridized carbons (Fsp3) is 1.00. The number of hydroxylamine groups is 1. The highest BCUT2D eigenvalue weighted by Gasteiger charge is 2.45. The van der Waals surface area contributed by atoms with Crippen molar-refractivity contribution >= 4 is 11.8 Å². The minimum atomic E-state index is -0.891. The van der Waals surface area contributed by atoms with Crippen LogP contribution < -0.4 is 10.8 Å². The summed E-state index contributed by atoms with van der Waals surface area (Å²) >= 11 is 1.58. The Balaban J connectivity index is 1.85. The quantitative estimate of drug-likeness (QED) is 0.249. The molecule has 0 aliphatic carbocycles. The maximum Gasteiger partial charge on any atom is 0.186 e. The Morgan fingerprint density at radius 1 is 1.13 bits per heavy atom. The molecule has 2 fully saturated rings. The zero-order valence-corrected chi connectivity index (χ0v) is 19.6. The molecule has 0 bridgehead atoms. The summed E-state index contributed by atoms with van der Waals surface area (Å²) in [5.41, 5.74) is 2.89. The molecule has 0 radical (unpaired) electrons. The number of hydrogen-bond acceptors (Lipinski definition) is 10. The normalized spacial score (nSPS) is 39.9. The molecule has 30 heavy (non-hydrogen) atoms. The van der Waals surface area contributed by atoms with E-state index in [1.807, 2.05) is 20.1 Å². The third kappa shape index (κ3) is 7.26. The second-order valence-corrected chi connectivity index (χ2v) is 8.88. The molecular formula is C20H40N2O7S. The molecule has 9 atom stereocenters. The second kappa shape index (κ2) is 13.5. The van der Waals surface area contributed by atoms with Crippen LogP contribution in [0.1, 0.15) is 40.0 Å². The lowest BCUT2D eigenvalue weighted by Crippen LogP contribution is -2.63. The lowest BCUT2D eigenvalue weighted by Gasteiger charge is -2.44. The van der Waals surface area contributed by atoms with Crippen molar-refractivity contribution in [3.05, 3.63) is 0 Å². The van der Waals surface area contributed by atoms with Crippen molar-refractivity contribution in [1.82, 2.24) is 10.8 Å². The molecule has 0 aromatic carbocycles. The number of ether oxygens (including phenoxy) is 4. The van der Waals surface area contributed by atoms with Gasteiger partial charge < -0.3 is 34.5 Å². The first-order valence-corrected chi connectivity index (χ1v) is 12.2. The molecule has 0 unspecified atom stereocenters. The van der Waals surface area contributed by atoms with Crippen molar-refractivity contribution in [2.45, 2.75) is 94.4 Å². The Hall–Kier alpha value is -0.0100. The predicted molar refractivity (Wildman–Crippen MR) is 115 cm³/mol. The van der Waals surface area contributed by atoms with Gasteiger partial charge in [0.15, 0.2) is 12.6 Å². The summed E-state index contributed by atoms with van der Waals surface area (Å²) in [6.45, 7) is 8.23. The van der Waals surface area contributed by atoms with E-state index < -0.39 is 36.9 Å². The maximum absolute atomic E-state index is 10.9. The first kappa shape index (κ1) is 26.2. The topological polar surface area (TPSA) is 111 Å². The van der Waals surface area contributed by atoms with E-state index in [9.17, 15) is 10.2 Å². The zero-order chi connectivity index (χ0) is 22.1. The van der Waals surface area contributed by atoms with Crippen LogP contribution in [0.4, 0.5) is 0 Å². The van der Waals surface area contributed by atoms with Gasteiger partial charge in [-0.2, -0.15) is 17.2 Å². The minimum Gasteiger partial charge on any atom is -0.392 e. The number of unbranched alkanes of at least 4 members (excludes halogenated alkanes) is 1. The molecule has 2 aliphatic heterocycles. The van der Waals surface area contributed by atoms with Crippen LogP contribution in [-0.2, 0) is 23.8 Å². The van der Waals surface area contributed by atoms with Crippen molar-refractivity contribution in [3.8, 4) is 0 Å². The molecule has 0 spiro atoms. The average molecular weight is 453 g/mol. The molecule has 0 aromatic heterocycles. The summed E-state index contributed by atoms with van der Waals surface area (Å²) in [6.07, 6.45) is 0.356. The molecule has 2 heterocycles. The van der Waals surface area contributed by atoms with E-state index in [1.165, 1.54) is 7.11 Å². The number of nitrogens with one attached hydrogen (secondary N) is 2. The van der Waals surface area contributed by atoms with E-state index in [4.69, 9.17) is 23.8 Å². The number of thioether (sulfide) groups is 1. The number of hydrogen-bond donors (Lipinski definition) is 4. The van der Waals surface area contributed by atoms with Crippen LogP contribution >= 0.6 is 11.8 Å². The largest absolute Gasteiger partial charge is 0.392 e. The highest BCUT2D eigenvalue weighted by molar-refractivity contribution is 7.99. The summed E-state index contributed by atoms with van der Waals surface area (Å²) < 4.78 is 23.0. The molecule has 2 rings (SSSR count). The standard InChI is InChI=1S/C20H40N2O7S/c1-6-21-9-7-8-10-26-18-17(24)16(12(2)28-20(18)25-4)22-29-15-11-14(23)19(30-5)13(3)27-15/h12-24H,6-11H2,1-5H3/t12-,13-,14+,15+,16-,17+,18-,19-,20+/m1/s1. The Kier molecular flexibility index (Phi) is 11.8. The van der Waals surface area contributed by atoms with Crippen LogP contribution in [-0.4, -0.2) is 97.7 Å². The third-order valence-corrected chi connectivity index (χ3v) is 6.86. The summed E-state index contributed by atoms with van der Waals surface area (Å²) in [7, 11) is 1.54. The van der Waals surface area contributed by atoms with E-state index in [1.54, 1.807) is 11.8 Å². The van der Waals surface area contributed by atoms with Gasteiger partial charge >= 0.3 is 0 Å². The van der Waals surface area contributed by atoms with Crippen LogP contribution in [0.25, 0.3) is 0 Å². The van der Waals surface area contributed by atoms with Gasteiger partial charge in [-0.05, 0) is 46.0 Å². The van der Waals surface area contributed by atoms with E-state index >= 15 is 0 Å². The molecule has 0 amide bonds. The van der Waals surface area contributed by atoms with Gasteiger partial charge in [0, 0.05) is 20.1 Å². The predicted octanol–water partition coefficient (Wildman–Crippen LogP) is 0.631. The van der Waals surface area contributed by atoms with E-state index in [-0.39, 0.29) is 17.5 Å². The van der Waals surface area contributed by atoms with Crippen LogP contribution in [0.15, 0.2) is 0 Å². The Morgan fingerprint density at radius 3 is 2.53 bits per heavy atom. The van der Waals surface area contributed by atoms with E-state index in [0.29, 0.717) is 13.0 Å². The molecule has 0 aromatic rings. The number of aliphatic hydroxyl groups is 2. The SMILES string of the molecule is CCNCCCCO[C@H]1[C@@H](OC)O[C@H](C)[C@@H](NO[C@H]2C[C@H](O)[C@H](SC)[C@@H](C)O2)[C@@H]1O. The average Bonchev–Trinajstić information content (AvgIpc) is 2.71. The van der Waals surface area contributed by atoms with Crippen LogP contribution in [0.3, 0.4) is 0 Å². The molecule has 10 heteroatoms. The summed E-state index contributed by atoms with van der Waals surface area (Å²) in [5.74, 6) is 0. The third-order valence-electron chi connectivity index (χ3n) is 5.62. The molecule has 2 aliphatic rings. The van der Waals surface area contributed by atoms with Gasteiger partial charge in [0.2, 0.25) is 0 Å². The summed E-state index contributed by atoms with van der Waals surface area (Å²) in [4.78, 5) is 5.70. The first-order chi connectivity index (χ1) is 14.4. The fourth-order valence-corrected chi connectivity index (χ4v) is 4.77. The lowest BCUT2D eigenvalue weighted by molar-refractivity contribution is -0.300. The van der Waals surface area contributed by atoms with Crippen LogP contribution in [0.5, 0.6) is 0 Å². The smallest absolute Gasteiger partial charge is 0.186 e. The summed E-state index contributed by atoms with van der Waals surface area (Å²) in [5, 5.41) is 24.5. The van der Waals surface area contributed by atoms with Gasteiger partial charge in [-0.1, -0.05) is 6.92 Å². The maximum atomic E-state index is 10.9. The number of rotatable bonds is 12. The van der Waals surface area contributed by atoms with Crippen molar-refractivity contribution in [2.75, 3.05) is 33.1 Å². The van der Waals surface area contributed by atoms with Crippen LogP contribution in [0.2, 0.25) is 0 Å². The van der Waals surface area contributed by atoms with Gasteiger partial charge in [0.25, 0.3) is 0 Å². The fourth-order valence-electron chi connectivity index (χ4n) is 3.89. The Bertz CT molecular complexity index is 466. The van der Waals surface area contributed by atoms with Gasteiger partial charge in [-0.25, -0.2) is 0 Å². The van der Waals surface area contributed by atoms with Gasteiger partial charge in [-0.15, -0.1) is 0 Å². The molecule has 0 saturated carbocycles. The Labute approximate surface area is 184 Å². The number of methoxy groups -OCH3 is 1. The highest BCUT2D eigenvalue weighted by Crippen LogP contribution is 2.29. The van der Waals surface area contributed by atoms with Gasteiger partial charge in [-0.3, -0.25) is 4.84 Å². The van der Waals surface area contributed by atoms with Crippen molar-refractivity contribution in [1.29, 1.82) is 0 Å². The molecule has 178 valence electrons. The molecule has 9 nitrogen and oxygen atoms in total. The molecule has 2 saturated heterocycles. The van der Waals surface area contributed by atoms with Crippen LogP contribution in [0, 0.1) is 0 Å². The highest BCUT2D eigenvalue weighted by atomic mass is 32.2. The summed E-state index contributed by atoms with van der Waals surface area (Å²) in [6, 6.07) is -0.530.